The van der Waals surface area contributed by atoms with Crippen LogP contribution >= 0.6 is 0 Å². The van der Waals surface area contributed by atoms with Crippen molar-refractivity contribution in [2.75, 3.05) is 21.3 Å². The van der Waals surface area contributed by atoms with Gasteiger partial charge in [-0.05, 0) is 97.5 Å². The minimum Gasteiger partial charge on any atom is -0.851 e. The Morgan fingerprint density at radius 2 is 0.750 bits per heavy atom. The molecule has 0 saturated heterocycles. The lowest BCUT2D eigenvalue weighted by atomic mass is 9.62. The summed E-state index contributed by atoms with van der Waals surface area (Å²) in [6.07, 6.45) is 23.8. The monoisotopic (exact) mass is 759 g/mol. The number of nitrogens with one attached hydrogen (secondary N) is 4. The van der Waals surface area contributed by atoms with E-state index in [9.17, 15) is 10.2 Å². The summed E-state index contributed by atoms with van der Waals surface area (Å²) in [5, 5.41) is 48.1. The molecule has 0 spiro atoms. The number of anilines is 4. The van der Waals surface area contributed by atoms with Crippen molar-refractivity contribution >= 4 is 44.3 Å². The Kier molecular flexibility index (Phi) is 13.4. The Hall–Kier alpha value is -3.48. The molecule has 0 amide bonds. The van der Waals surface area contributed by atoms with E-state index < -0.39 is 24.0 Å². The van der Waals surface area contributed by atoms with Crippen LogP contribution in [0.15, 0.2) is 60.7 Å². The first-order valence-electron chi connectivity index (χ1n) is 22.8. The van der Waals surface area contributed by atoms with Gasteiger partial charge in [-0.15, -0.1) is 12.2 Å². The van der Waals surface area contributed by atoms with Crippen LogP contribution in [0.4, 0.5) is 22.7 Å². The Morgan fingerprint density at radius 3 is 1.11 bits per heavy atom. The van der Waals surface area contributed by atoms with Crippen LogP contribution in [0.2, 0.25) is 0 Å². The Bertz CT molecular complexity index is 1740. The third-order valence-corrected chi connectivity index (χ3v) is 13.5. The highest BCUT2D eigenvalue weighted by Crippen LogP contribution is 2.52. The van der Waals surface area contributed by atoms with Crippen molar-refractivity contribution in [3.05, 3.63) is 71.8 Å². The summed E-state index contributed by atoms with van der Waals surface area (Å²) < 4.78 is 0. The van der Waals surface area contributed by atoms with Gasteiger partial charge >= 0.3 is 0 Å². The zero-order valence-corrected chi connectivity index (χ0v) is 35.0. The molecule has 6 heteroatoms. The van der Waals surface area contributed by atoms with Gasteiger partial charge in [-0.2, -0.15) is 0 Å². The molecule has 2 atom stereocenters. The third kappa shape index (κ3) is 8.82. The van der Waals surface area contributed by atoms with Gasteiger partial charge in [-0.25, -0.2) is 0 Å². The van der Waals surface area contributed by atoms with Gasteiger partial charge < -0.3 is 31.5 Å². The predicted octanol–water partition coefficient (Wildman–Crippen LogP) is 12.3. The lowest BCUT2D eigenvalue weighted by Gasteiger charge is -2.62. The fraction of sp³-hybridized carbons (Fsp3) is 0.600. The molecule has 0 bridgehead atoms. The maximum atomic E-state index is 14.3. The van der Waals surface area contributed by atoms with Crippen molar-refractivity contribution in [3.8, 4) is 0 Å². The van der Waals surface area contributed by atoms with E-state index in [0.29, 0.717) is 0 Å². The average molecular weight is 759 g/mol. The summed E-state index contributed by atoms with van der Waals surface area (Å²) in [5.41, 5.74) is 5.66. The number of hydrogen-bond donors (Lipinski definition) is 4. The highest BCUT2D eigenvalue weighted by atomic mass is 16.3. The van der Waals surface area contributed by atoms with E-state index in [1.54, 1.807) is 0 Å². The zero-order chi connectivity index (χ0) is 39.1. The summed E-state index contributed by atoms with van der Waals surface area (Å²) in [6, 6.07) is 21.0. The number of benzene rings is 4. The normalized spacial score (nSPS) is 25.0. The van der Waals surface area contributed by atoms with Gasteiger partial charge in [0.2, 0.25) is 0 Å². The van der Waals surface area contributed by atoms with Gasteiger partial charge in [-0.1, -0.05) is 153 Å². The molecule has 3 aliphatic rings. The predicted molar refractivity (Wildman–Crippen MR) is 236 cm³/mol. The smallest absolute Gasteiger partial charge is 0.105 e. The van der Waals surface area contributed by atoms with Crippen LogP contribution in [0.1, 0.15) is 179 Å². The number of unbranched alkanes of at least 4 members (excludes halogenated alkanes) is 16. The Labute approximate surface area is 338 Å². The maximum Gasteiger partial charge on any atom is 0.105 e. The molecule has 1 aliphatic carbocycles. The topological polar surface area (TPSA) is 94.2 Å². The first kappa shape index (κ1) is 40.7. The first-order valence-corrected chi connectivity index (χ1v) is 22.8. The molecule has 1 saturated carbocycles. The van der Waals surface area contributed by atoms with E-state index in [-0.39, 0.29) is 11.3 Å². The van der Waals surface area contributed by atoms with Gasteiger partial charge in [0.25, 0.3) is 0 Å². The van der Waals surface area contributed by atoms with Crippen molar-refractivity contribution in [2.24, 2.45) is 0 Å². The molecule has 2 heterocycles. The summed E-state index contributed by atoms with van der Waals surface area (Å²) in [4.78, 5) is 0. The second-order valence-corrected chi connectivity index (χ2v) is 18.2. The molecule has 6 nitrogen and oxygen atoms in total. The van der Waals surface area contributed by atoms with Crippen molar-refractivity contribution in [2.45, 2.75) is 191 Å². The number of rotatable bonds is 22. The van der Waals surface area contributed by atoms with E-state index in [1.165, 1.54) is 116 Å². The molecule has 7 rings (SSSR count). The molecule has 2 unspecified atom stereocenters. The fourth-order valence-corrected chi connectivity index (χ4v) is 10.3. The third-order valence-electron chi connectivity index (χ3n) is 13.5. The van der Waals surface area contributed by atoms with Gasteiger partial charge in [-0.3, -0.25) is 0 Å². The highest BCUT2D eigenvalue weighted by Gasteiger charge is 2.41. The summed E-state index contributed by atoms with van der Waals surface area (Å²) in [7, 11) is 0. The molecule has 56 heavy (non-hydrogen) atoms. The molecule has 0 radical (unpaired) electrons. The van der Waals surface area contributed by atoms with Crippen LogP contribution in [0.25, 0.3) is 21.5 Å². The van der Waals surface area contributed by atoms with Crippen LogP contribution in [0, 0.1) is 0 Å². The molecule has 4 aromatic rings. The van der Waals surface area contributed by atoms with Crippen LogP contribution in [0.5, 0.6) is 0 Å². The van der Waals surface area contributed by atoms with E-state index >= 15 is 0 Å². The van der Waals surface area contributed by atoms with Crippen molar-refractivity contribution in [3.63, 3.8) is 0 Å². The number of hydrogen-bond acceptors (Lipinski definition) is 6. The highest BCUT2D eigenvalue weighted by molar-refractivity contribution is 6.08. The minimum atomic E-state index is -1.01. The van der Waals surface area contributed by atoms with Crippen LogP contribution in [-0.4, -0.2) is 23.5 Å². The molecule has 4 aromatic carbocycles. The van der Waals surface area contributed by atoms with E-state index in [1.807, 2.05) is 0 Å². The quantitative estimate of drug-likeness (QED) is 0.0596. The second kappa shape index (κ2) is 18.4. The van der Waals surface area contributed by atoms with E-state index in [4.69, 9.17) is 0 Å². The second-order valence-electron chi connectivity index (χ2n) is 18.2. The van der Waals surface area contributed by atoms with E-state index in [2.05, 4.69) is 110 Å². The van der Waals surface area contributed by atoms with Crippen LogP contribution in [0.3, 0.4) is 0 Å². The fourth-order valence-electron chi connectivity index (χ4n) is 10.3. The standard InChI is InChI=1S/C50H70N4O2/c1-5-7-9-11-13-15-17-19-21-33-49(3)51-39-27-23-25-35-37(29-31-41(53-49)43(35)39)45-47(55)46(48(45)56)38-30-32-42-44-36(38)26-24-28-40(44)52-50(4,54-42)34-22-20-18-16-14-12-10-8-6-2/h23-32,45-48,51-54H,5-22,33-34H2,1-4H3/q-2. The molecular formula is C50H70N4O2-2. The Morgan fingerprint density at radius 1 is 0.429 bits per heavy atom. The zero-order valence-electron chi connectivity index (χ0n) is 35.0. The lowest BCUT2D eigenvalue weighted by Crippen LogP contribution is -2.63. The van der Waals surface area contributed by atoms with Gasteiger partial charge in [0, 0.05) is 33.5 Å². The minimum absolute atomic E-state index is 0.239. The Balaban J connectivity index is 0.987. The van der Waals surface area contributed by atoms with Crippen LogP contribution < -0.4 is 31.5 Å². The van der Waals surface area contributed by atoms with Crippen molar-refractivity contribution in [1.29, 1.82) is 0 Å². The lowest BCUT2D eigenvalue weighted by molar-refractivity contribution is -0.535. The molecule has 4 N–H and O–H groups in total. The summed E-state index contributed by atoms with van der Waals surface area (Å²) in [6.45, 7) is 9.07. The molecule has 304 valence electrons. The summed E-state index contributed by atoms with van der Waals surface area (Å²) >= 11 is 0. The van der Waals surface area contributed by atoms with Crippen molar-refractivity contribution in [1.82, 2.24) is 0 Å². The summed E-state index contributed by atoms with van der Waals surface area (Å²) in [5.74, 6) is -1.16. The van der Waals surface area contributed by atoms with Crippen LogP contribution in [-0.2, 0) is 0 Å². The average Bonchev–Trinajstić information content (AvgIpc) is 3.18. The molecule has 1 fully saturated rings. The SMILES string of the molecule is CCCCCCCCCCCC1(C)Nc2cccc3c(C4C([O-])C(c5ccc6c7c(cccc57)NC(C)(CCCCCCCCCCC)N6)C4[O-])ccc(c23)N1. The van der Waals surface area contributed by atoms with Gasteiger partial charge in [0.05, 0.1) is 0 Å². The molecule has 2 aliphatic heterocycles. The van der Waals surface area contributed by atoms with Gasteiger partial charge in [0.15, 0.2) is 0 Å². The maximum absolute atomic E-state index is 14.3. The first-order chi connectivity index (χ1) is 27.3. The van der Waals surface area contributed by atoms with Gasteiger partial charge in [0.1, 0.15) is 11.3 Å². The molecule has 0 aromatic heterocycles. The van der Waals surface area contributed by atoms with E-state index in [0.717, 1.165) is 68.3 Å². The largest absolute Gasteiger partial charge is 0.851 e. The molecular weight excluding hydrogens is 689 g/mol. The van der Waals surface area contributed by atoms with Crippen molar-refractivity contribution < 1.29 is 10.2 Å².